The smallest absolute Gasteiger partial charge is 0.260 e. The highest BCUT2D eigenvalue weighted by molar-refractivity contribution is 8.00. The minimum atomic E-state index is -0.359. The Morgan fingerprint density at radius 1 is 1.03 bits per heavy atom. The Morgan fingerprint density at radius 3 is 2.52 bits per heavy atom. The molecule has 7 nitrogen and oxygen atoms in total. The summed E-state index contributed by atoms with van der Waals surface area (Å²) in [4.78, 5) is 27.5. The molecule has 1 aromatic carbocycles. The maximum atomic E-state index is 13.2. The number of thioether (sulfide) groups is 1. The number of carbonyl (C=O) groups excluding carboxylic acids is 2. The molecule has 0 N–H and O–H groups in total. The summed E-state index contributed by atoms with van der Waals surface area (Å²) in [5.74, 6) is -0.434. The first-order valence-corrected chi connectivity index (χ1v) is 11.4. The number of benzene rings is 1. The van der Waals surface area contributed by atoms with E-state index in [0.717, 1.165) is 25.7 Å². The normalized spacial score (nSPS) is 21.2. The fraction of sp³-hybridized carbons (Fsp3) is 0.550. The average Bonchev–Trinajstić information content (AvgIpc) is 3.13. The van der Waals surface area contributed by atoms with Gasteiger partial charge in [0.2, 0.25) is 11.1 Å². The van der Waals surface area contributed by atoms with Gasteiger partial charge in [-0.05, 0) is 60.4 Å². The number of hydrogen-bond acceptors (Lipinski definition) is 6. The summed E-state index contributed by atoms with van der Waals surface area (Å²) >= 11 is 7.32. The van der Waals surface area contributed by atoms with Crippen molar-refractivity contribution in [2.75, 3.05) is 6.54 Å². The lowest BCUT2D eigenvalue weighted by Gasteiger charge is -2.24. The zero-order valence-corrected chi connectivity index (χ0v) is 17.7. The largest absolute Gasteiger partial charge is 0.278 e. The minimum Gasteiger partial charge on any atom is -0.278 e. The van der Waals surface area contributed by atoms with Crippen LogP contribution in [0.5, 0.6) is 0 Å². The Bertz CT molecular complexity index is 866. The SMILES string of the molecule is O=C(c1ccc(Cl)cc1)N1CCCC[C@@H](Sc2nnnn2C2CCCCC2)C1=O. The molecule has 2 amide bonds. The van der Waals surface area contributed by atoms with Gasteiger partial charge in [-0.2, -0.15) is 0 Å². The lowest BCUT2D eigenvalue weighted by atomic mass is 9.96. The van der Waals surface area contributed by atoms with Gasteiger partial charge in [0.15, 0.2) is 0 Å². The van der Waals surface area contributed by atoms with E-state index >= 15 is 0 Å². The van der Waals surface area contributed by atoms with E-state index in [-0.39, 0.29) is 17.1 Å². The highest BCUT2D eigenvalue weighted by atomic mass is 35.5. The van der Waals surface area contributed by atoms with E-state index in [9.17, 15) is 9.59 Å². The summed E-state index contributed by atoms with van der Waals surface area (Å²) in [5, 5.41) is 13.1. The number of halogens is 1. The number of aromatic nitrogens is 4. The van der Waals surface area contributed by atoms with Gasteiger partial charge in [0.25, 0.3) is 5.91 Å². The molecular weight excluding hydrogens is 410 g/mol. The summed E-state index contributed by atoms with van der Waals surface area (Å²) in [5.41, 5.74) is 0.473. The fourth-order valence-corrected chi connectivity index (χ4v) is 5.28. The Morgan fingerprint density at radius 2 is 1.76 bits per heavy atom. The van der Waals surface area contributed by atoms with Crippen LogP contribution in [0.4, 0.5) is 0 Å². The summed E-state index contributed by atoms with van der Waals surface area (Å²) in [7, 11) is 0. The van der Waals surface area contributed by atoms with E-state index in [1.165, 1.54) is 35.9 Å². The third kappa shape index (κ3) is 4.64. The molecule has 4 rings (SSSR count). The van der Waals surface area contributed by atoms with E-state index in [1.54, 1.807) is 24.3 Å². The molecule has 29 heavy (non-hydrogen) atoms. The molecule has 1 atom stereocenters. The minimum absolute atomic E-state index is 0.161. The average molecular weight is 434 g/mol. The van der Waals surface area contributed by atoms with Crippen LogP contribution in [0.15, 0.2) is 29.4 Å². The lowest BCUT2D eigenvalue weighted by Crippen LogP contribution is -2.41. The second kappa shape index (κ2) is 9.26. The molecule has 1 saturated carbocycles. The van der Waals surface area contributed by atoms with Crippen LogP contribution in [0.2, 0.25) is 5.02 Å². The topological polar surface area (TPSA) is 81.0 Å². The highest BCUT2D eigenvalue weighted by Gasteiger charge is 2.34. The number of tetrazole rings is 1. The van der Waals surface area contributed by atoms with Crippen molar-refractivity contribution in [3.8, 4) is 0 Å². The molecule has 1 aromatic heterocycles. The number of likely N-dealkylation sites (tertiary alicyclic amines) is 1. The number of rotatable bonds is 4. The van der Waals surface area contributed by atoms with Crippen molar-refractivity contribution in [1.29, 1.82) is 0 Å². The van der Waals surface area contributed by atoms with Crippen LogP contribution < -0.4 is 0 Å². The second-order valence-corrected chi connectivity index (χ2v) is 9.21. The van der Waals surface area contributed by atoms with Crippen LogP contribution in [-0.2, 0) is 4.79 Å². The van der Waals surface area contributed by atoms with Gasteiger partial charge in [-0.15, -0.1) is 5.10 Å². The number of imide groups is 1. The summed E-state index contributed by atoms with van der Waals surface area (Å²) < 4.78 is 1.88. The van der Waals surface area contributed by atoms with Gasteiger partial charge in [0.05, 0.1) is 11.3 Å². The standard InChI is InChI=1S/C20H24ClN5O2S/c21-15-11-9-14(10-12-15)18(27)25-13-5-4-8-17(19(25)28)29-20-22-23-24-26(20)16-6-2-1-3-7-16/h9-12,16-17H,1-8,13H2/t17-/m1/s1. The monoisotopic (exact) mass is 433 g/mol. The summed E-state index contributed by atoms with van der Waals surface area (Å²) in [6, 6.07) is 6.96. The summed E-state index contributed by atoms with van der Waals surface area (Å²) in [6.07, 6.45) is 8.15. The van der Waals surface area contributed by atoms with Crippen molar-refractivity contribution in [3.63, 3.8) is 0 Å². The van der Waals surface area contributed by atoms with Crippen LogP contribution in [0.1, 0.15) is 67.8 Å². The van der Waals surface area contributed by atoms with Gasteiger partial charge in [-0.3, -0.25) is 14.5 Å². The van der Waals surface area contributed by atoms with Crippen LogP contribution in [0, 0.1) is 0 Å². The molecule has 2 aromatic rings. The quantitative estimate of drug-likeness (QED) is 0.674. The van der Waals surface area contributed by atoms with Crippen LogP contribution in [0.3, 0.4) is 0 Å². The van der Waals surface area contributed by atoms with Gasteiger partial charge in [0, 0.05) is 17.1 Å². The van der Waals surface area contributed by atoms with Gasteiger partial charge >= 0.3 is 0 Å². The van der Waals surface area contributed by atoms with Gasteiger partial charge < -0.3 is 0 Å². The lowest BCUT2D eigenvalue weighted by molar-refractivity contribution is -0.127. The van der Waals surface area contributed by atoms with Crippen molar-refractivity contribution in [2.24, 2.45) is 0 Å². The third-order valence-corrected chi connectivity index (χ3v) is 7.06. The molecule has 2 fully saturated rings. The Hall–Kier alpha value is -1.93. The van der Waals surface area contributed by atoms with E-state index in [1.807, 2.05) is 4.68 Å². The highest BCUT2D eigenvalue weighted by Crippen LogP contribution is 2.34. The molecule has 1 aliphatic carbocycles. The molecular formula is C20H24ClN5O2S. The first-order chi connectivity index (χ1) is 14.1. The van der Waals surface area contributed by atoms with Crippen molar-refractivity contribution >= 4 is 35.2 Å². The van der Waals surface area contributed by atoms with Crippen LogP contribution in [0.25, 0.3) is 0 Å². The Balaban J connectivity index is 1.51. The van der Waals surface area contributed by atoms with Crippen LogP contribution in [-0.4, -0.2) is 48.7 Å². The van der Waals surface area contributed by atoms with Crippen LogP contribution >= 0.6 is 23.4 Å². The van der Waals surface area contributed by atoms with Crippen molar-refractivity contribution in [1.82, 2.24) is 25.1 Å². The molecule has 154 valence electrons. The zero-order valence-electron chi connectivity index (χ0n) is 16.2. The van der Waals surface area contributed by atoms with Crippen molar-refractivity contribution in [3.05, 3.63) is 34.9 Å². The van der Waals surface area contributed by atoms with Crippen molar-refractivity contribution < 1.29 is 9.59 Å². The second-order valence-electron chi connectivity index (χ2n) is 7.60. The number of amides is 2. The maximum absolute atomic E-state index is 13.2. The number of hydrogen-bond donors (Lipinski definition) is 0. The first-order valence-electron chi connectivity index (χ1n) is 10.2. The molecule has 2 aliphatic rings. The van der Waals surface area contributed by atoms with E-state index in [4.69, 9.17) is 11.6 Å². The van der Waals surface area contributed by atoms with E-state index in [0.29, 0.717) is 34.7 Å². The molecule has 1 saturated heterocycles. The summed E-state index contributed by atoms with van der Waals surface area (Å²) in [6.45, 7) is 0.435. The predicted octanol–water partition coefficient (Wildman–Crippen LogP) is 4.15. The molecule has 1 aliphatic heterocycles. The Kier molecular flexibility index (Phi) is 6.50. The first kappa shape index (κ1) is 20.3. The zero-order chi connectivity index (χ0) is 20.2. The maximum Gasteiger partial charge on any atom is 0.260 e. The fourth-order valence-electron chi connectivity index (χ4n) is 4.01. The van der Waals surface area contributed by atoms with E-state index in [2.05, 4.69) is 15.5 Å². The van der Waals surface area contributed by atoms with Gasteiger partial charge in [0.1, 0.15) is 0 Å². The predicted molar refractivity (Wildman–Crippen MR) is 111 cm³/mol. The van der Waals surface area contributed by atoms with E-state index < -0.39 is 0 Å². The Labute approximate surface area is 179 Å². The third-order valence-electron chi connectivity index (χ3n) is 5.61. The molecule has 0 radical (unpaired) electrons. The van der Waals surface area contributed by atoms with Gasteiger partial charge in [-0.1, -0.05) is 49.0 Å². The van der Waals surface area contributed by atoms with Crippen molar-refractivity contribution in [2.45, 2.75) is 67.8 Å². The molecule has 2 heterocycles. The number of carbonyl (C=O) groups is 2. The molecule has 9 heteroatoms. The molecule has 0 unspecified atom stereocenters. The number of nitrogens with zero attached hydrogens (tertiary/aromatic N) is 5. The van der Waals surface area contributed by atoms with Gasteiger partial charge in [-0.25, -0.2) is 4.68 Å². The molecule has 0 spiro atoms. The molecule has 0 bridgehead atoms.